The summed E-state index contributed by atoms with van der Waals surface area (Å²) < 4.78 is 2.08. The van der Waals surface area contributed by atoms with Crippen LogP contribution in [0, 0.1) is 0 Å². The van der Waals surface area contributed by atoms with Crippen molar-refractivity contribution in [2.24, 2.45) is 5.73 Å². The van der Waals surface area contributed by atoms with Crippen molar-refractivity contribution >= 4 is 5.91 Å². The van der Waals surface area contributed by atoms with Gasteiger partial charge in [0.15, 0.2) is 0 Å². The Morgan fingerprint density at radius 2 is 1.08 bits per heavy atom. The van der Waals surface area contributed by atoms with E-state index in [1.807, 2.05) is 0 Å². The van der Waals surface area contributed by atoms with Crippen molar-refractivity contribution in [2.75, 3.05) is 67.5 Å². The molecule has 0 saturated carbocycles. The summed E-state index contributed by atoms with van der Waals surface area (Å²) in [4.78, 5) is 12.3. The summed E-state index contributed by atoms with van der Waals surface area (Å²) in [6.07, 6.45) is 19.9. The van der Waals surface area contributed by atoms with E-state index in [2.05, 4.69) is 86.4 Å². The highest BCUT2D eigenvalue weighted by molar-refractivity contribution is 5.88. The summed E-state index contributed by atoms with van der Waals surface area (Å²) in [5.74, 6) is 0.0460. The van der Waals surface area contributed by atoms with E-state index in [9.17, 15) is 4.79 Å². The van der Waals surface area contributed by atoms with Gasteiger partial charge in [-0.2, -0.15) is 0 Å². The molecule has 0 fully saturated rings. The second-order valence-corrected chi connectivity index (χ2v) is 13.2. The minimum atomic E-state index is 0.0460. The average Bonchev–Trinajstić information content (AvgIpc) is 2.83. The average molecular weight is 547 g/mol. The number of carbonyl (C=O) groups excluding carboxylic acids is 1. The van der Waals surface area contributed by atoms with Gasteiger partial charge in [-0.05, 0) is 79.7 Å². The molecule has 0 saturated heterocycles. The molecule has 0 bridgehead atoms. The lowest BCUT2D eigenvalue weighted by atomic mass is 10.0. The van der Waals surface area contributed by atoms with Crippen LogP contribution in [0.5, 0.6) is 0 Å². The number of hydrogen-bond acceptors (Lipinski definition) is 2. The van der Waals surface area contributed by atoms with E-state index in [-0.39, 0.29) is 5.91 Å². The summed E-state index contributed by atoms with van der Waals surface area (Å²) in [6.45, 7) is 17.0. The summed E-state index contributed by atoms with van der Waals surface area (Å²) in [5.41, 5.74) is 11.1. The molecule has 0 aromatic heterocycles. The van der Waals surface area contributed by atoms with Crippen molar-refractivity contribution in [1.82, 2.24) is 5.32 Å². The van der Waals surface area contributed by atoms with E-state index in [4.69, 9.17) is 5.73 Å². The zero-order chi connectivity index (χ0) is 29.7. The van der Waals surface area contributed by atoms with Gasteiger partial charge in [0.2, 0.25) is 5.91 Å². The van der Waals surface area contributed by atoms with Crippen LogP contribution in [0.15, 0.2) is 46.6 Å². The Bertz CT molecular complexity index is 798. The minimum absolute atomic E-state index is 0.0460. The van der Waals surface area contributed by atoms with Gasteiger partial charge in [0.25, 0.3) is 0 Å². The molecule has 0 aliphatic heterocycles. The smallest absolute Gasteiger partial charge is 0.243 e. The predicted molar refractivity (Wildman–Crippen MR) is 173 cm³/mol. The number of unbranched alkanes of at least 4 members (excludes halogenated alkanes) is 1. The summed E-state index contributed by atoms with van der Waals surface area (Å²) in [6, 6.07) is 0. The molecule has 5 heteroatoms. The van der Waals surface area contributed by atoms with Gasteiger partial charge in [0.05, 0.1) is 54.4 Å². The summed E-state index contributed by atoms with van der Waals surface area (Å²) >= 11 is 0. The molecule has 39 heavy (non-hydrogen) atoms. The topological polar surface area (TPSA) is 55.1 Å². The predicted octanol–water partition coefficient (Wildman–Crippen LogP) is 6.92. The standard InChI is InChI=1S/C34H65N4O/c1-30(2)17-12-18-31(3)19-13-20-32(4)21-14-22-33(5)29-34(39)36-24-16-28-38(8,9)26-11-10-25-37(6,7)27-15-23-35/h17,19,21,29H,10-16,18,20,22-28,35H2,1-9H3/q+1/p+1/b31-19+,32-21+,33-29+. The number of nitrogens with two attached hydrogens (primary N) is 1. The molecule has 0 rings (SSSR count). The molecular weight excluding hydrogens is 480 g/mol. The summed E-state index contributed by atoms with van der Waals surface area (Å²) in [7, 11) is 9.22. The highest BCUT2D eigenvalue weighted by atomic mass is 16.1. The number of quaternary nitrogens is 2. The first-order valence-electron chi connectivity index (χ1n) is 15.5. The fraction of sp³-hybridized carbons (Fsp3) is 0.735. The van der Waals surface area contributed by atoms with E-state index >= 15 is 0 Å². The van der Waals surface area contributed by atoms with Crippen molar-refractivity contribution in [2.45, 2.75) is 98.8 Å². The second-order valence-electron chi connectivity index (χ2n) is 13.2. The van der Waals surface area contributed by atoms with E-state index in [0.717, 1.165) is 92.1 Å². The third kappa shape index (κ3) is 23.9. The van der Waals surface area contributed by atoms with Crippen molar-refractivity contribution in [3.05, 3.63) is 46.6 Å². The Morgan fingerprint density at radius 1 is 0.641 bits per heavy atom. The molecule has 5 nitrogen and oxygen atoms in total. The van der Waals surface area contributed by atoms with Crippen molar-refractivity contribution in [1.29, 1.82) is 0 Å². The Balaban J connectivity index is 4.13. The van der Waals surface area contributed by atoms with Gasteiger partial charge in [-0.3, -0.25) is 4.79 Å². The van der Waals surface area contributed by atoms with Gasteiger partial charge in [-0.15, -0.1) is 0 Å². The molecule has 0 radical (unpaired) electrons. The number of hydrogen-bond donors (Lipinski definition) is 2. The highest BCUT2D eigenvalue weighted by Gasteiger charge is 2.17. The molecule has 0 aromatic rings. The van der Waals surface area contributed by atoms with Crippen LogP contribution in [0.1, 0.15) is 98.8 Å². The van der Waals surface area contributed by atoms with E-state index in [1.54, 1.807) is 6.08 Å². The zero-order valence-corrected chi connectivity index (χ0v) is 27.5. The fourth-order valence-electron chi connectivity index (χ4n) is 4.77. The first-order chi connectivity index (χ1) is 18.3. The van der Waals surface area contributed by atoms with Crippen LogP contribution >= 0.6 is 0 Å². The molecule has 0 atom stereocenters. The monoisotopic (exact) mass is 547 g/mol. The SMILES string of the molecule is CC(C)=CCC/C(C)=C/CC/C(C)=C/CC/C(C)=C/C(=O)NCCC[N+](C)(C)CCCC[N+](C)(C)CCCN. The first kappa shape index (κ1) is 37.3. The number of carbonyl (C=O) groups is 1. The van der Waals surface area contributed by atoms with Gasteiger partial charge >= 0.3 is 0 Å². The quantitative estimate of drug-likeness (QED) is 0.0670. The Morgan fingerprint density at radius 3 is 1.56 bits per heavy atom. The molecule has 1 amide bonds. The Kier molecular flexibility index (Phi) is 20.2. The van der Waals surface area contributed by atoms with E-state index < -0.39 is 0 Å². The molecule has 0 aliphatic carbocycles. The first-order valence-corrected chi connectivity index (χ1v) is 15.5. The molecular formula is C34H66N4O+2. The lowest BCUT2D eigenvalue weighted by molar-refractivity contribution is -0.896. The molecule has 0 unspecified atom stereocenters. The maximum absolute atomic E-state index is 12.3. The molecule has 0 heterocycles. The van der Waals surface area contributed by atoms with Crippen LogP contribution in [0.2, 0.25) is 0 Å². The zero-order valence-electron chi connectivity index (χ0n) is 27.5. The normalized spacial score (nSPS) is 13.5. The number of nitrogens with one attached hydrogen (secondary N) is 1. The van der Waals surface area contributed by atoms with Crippen molar-refractivity contribution in [3.63, 3.8) is 0 Å². The fourth-order valence-corrected chi connectivity index (χ4v) is 4.77. The third-order valence-corrected chi connectivity index (χ3v) is 7.52. The van der Waals surface area contributed by atoms with Crippen LogP contribution in [-0.2, 0) is 4.79 Å². The van der Waals surface area contributed by atoms with Crippen molar-refractivity contribution < 1.29 is 13.8 Å². The van der Waals surface area contributed by atoms with Gasteiger partial charge in [0, 0.05) is 38.3 Å². The van der Waals surface area contributed by atoms with E-state index in [1.165, 1.54) is 42.7 Å². The van der Waals surface area contributed by atoms with Crippen LogP contribution in [0.4, 0.5) is 0 Å². The van der Waals surface area contributed by atoms with Gasteiger partial charge in [-0.1, -0.05) is 40.5 Å². The van der Waals surface area contributed by atoms with Crippen LogP contribution in [0.3, 0.4) is 0 Å². The van der Waals surface area contributed by atoms with Crippen LogP contribution in [-0.4, -0.2) is 82.3 Å². The molecule has 0 spiro atoms. The number of amides is 1. The number of rotatable bonds is 22. The molecule has 226 valence electrons. The highest BCUT2D eigenvalue weighted by Crippen LogP contribution is 2.13. The van der Waals surface area contributed by atoms with Gasteiger partial charge in [0.1, 0.15) is 0 Å². The largest absolute Gasteiger partial charge is 0.352 e. The van der Waals surface area contributed by atoms with Crippen LogP contribution < -0.4 is 11.1 Å². The lowest BCUT2D eigenvalue weighted by Crippen LogP contribution is -2.44. The Labute approximate surface area is 243 Å². The minimum Gasteiger partial charge on any atom is -0.352 e. The maximum Gasteiger partial charge on any atom is 0.243 e. The lowest BCUT2D eigenvalue weighted by Gasteiger charge is -2.32. The van der Waals surface area contributed by atoms with Crippen molar-refractivity contribution in [3.8, 4) is 0 Å². The van der Waals surface area contributed by atoms with Gasteiger partial charge in [-0.25, -0.2) is 0 Å². The number of allylic oxidation sites excluding steroid dienone is 7. The number of nitrogens with zero attached hydrogens (tertiary/aromatic N) is 2. The molecule has 0 aromatic carbocycles. The molecule has 0 aliphatic rings. The third-order valence-electron chi connectivity index (χ3n) is 7.52. The molecule has 3 N–H and O–H groups in total. The van der Waals surface area contributed by atoms with Crippen LogP contribution in [0.25, 0.3) is 0 Å². The Hall–Kier alpha value is -1.69. The van der Waals surface area contributed by atoms with Gasteiger partial charge < -0.3 is 20.0 Å². The van der Waals surface area contributed by atoms with E-state index in [0.29, 0.717) is 0 Å². The second kappa shape index (κ2) is 21.1. The summed E-state index contributed by atoms with van der Waals surface area (Å²) in [5, 5.41) is 3.09. The maximum atomic E-state index is 12.3.